The minimum atomic E-state index is -0.540. The summed E-state index contributed by atoms with van der Waals surface area (Å²) in [7, 11) is 0. The number of nitriles is 1. The van der Waals surface area contributed by atoms with E-state index in [1.54, 1.807) is 11.8 Å². The molecule has 0 saturated heterocycles. The van der Waals surface area contributed by atoms with Crippen LogP contribution in [0.25, 0.3) is 0 Å². The molecule has 0 aliphatic heterocycles. The quantitative estimate of drug-likeness (QED) is 0.636. The molecule has 1 N–H and O–H groups in total. The summed E-state index contributed by atoms with van der Waals surface area (Å²) in [5, 5.41) is 22.5. The van der Waals surface area contributed by atoms with Crippen molar-refractivity contribution in [1.29, 1.82) is 5.26 Å². The smallest absolute Gasteiger partial charge is 0.312 e. The summed E-state index contributed by atoms with van der Waals surface area (Å²) in [6.07, 6.45) is 3.28. The number of rotatable bonds is 5. The second kappa shape index (κ2) is 6.06. The SMILES string of the molecule is CSCC(C)Nc1ncc(C#N)cc1[N+](=O)[O-]. The van der Waals surface area contributed by atoms with Crippen LogP contribution < -0.4 is 5.32 Å². The van der Waals surface area contributed by atoms with Crippen molar-refractivity contribution in [3.05, 3.63) is 27.9 Å². The van der Waals surface area contributed by atoms with E-state index in [4.69, 9.17) is 5.26 Å². The van der Waals surface area contributed by atoms with Crippen LogP contribution in [0, 0.1) is 21.4 Å². The Morgan fingerprint density at radius 2 is 2.47 bits per heavy atom. The lowest BCUT2D eigenvalue weighted by Gasteiger charge is -2.12. The van der Waals surface area contributed by atoms with Gasteiger partial charge in [-0.3, -0.25) is 10.1 Å². The van der Waals surface area contributed by atoms with Crippen LogP contribution in [-0.4, -0.2) is 28.0 Å². The summed E-state index contributed by atoms with van der Waals surface area (Å²) in [5.41, 5.74) is 0.0109. The summed E-state index contributed by atoms with van der Waals surface area (Å²) in [5.74, 6) is 1.02. The van der Waals surface area contributed by atoms with Crippen LogP contribution in [0.2, 0.25) is 0 Å². The third kappa shape index (κ3) is 3.60. The Balaban J connectivity index is 2.99. The zero-order valence-corrected chi connectivity index (χ0v) is 10.3. The minimum Gasteiger partial charge on any atom is -0.361 e. The van der Waals surface area contributed by atoms with Gasteiger partial charge in [-0.25, -0.2) is 4.98 Å². The molecule has 0 fully saturated rings. The molecule has 1 aromatic heterocycles. The normalized spacial score (nSPS) is 11.6. The maximum atomic E-state index is 10.8. The van der Waals surface area contributed by atoms with Gasteiger partial charge in [-0.2, -0.15) is 17.0 Å². The van der Waals surface area contributed by atoms with Crippen LogP contribution in [0.15, 0.2) is 12.3 Å². The maximum absolute atomic E-state index is 10.8. The Morgan fingerprint density at radius 3 is 3.00 bits per heavy atom. The lowest BCUT2D eigenvalue weighted by Crippen LogP contribution is -2.19. The first kappa shape index (κ1) is 13.3. The highest BCUT2D eigenvalue weighted by Crippen LogP contribution is 2.23. The number of nitrogens with one attached hydrogen (secondary N) is 1. The summed E-state index contributed by atoms with van der Waals surface area (Å²) in [6, 6.07) is 3.13. The average Bonchev–Trinajstić information content (AvgIpc) is 2.29. The first-order valence-electron chi connectivity index (χ1n) is 4.88. The Labute approximate surface area is 103 Å². The zero-order valence-electron chi connectivity index (χ0n) is 9.51. The number of nitrogens with zero attached hydrogens (tertiary/aromatic N) is 3. The highest BCUT2D eigenvalue weighted by Gasteiger charge is 2.17. The summed E-state index contributed by atoms with van der Waals surface area (Å²) >= 11 is 1.64. The standard InChI is InChI=1S/C10H12N4O2S/c1-7(6-17-2)13-10-9(14(15)16)3-8(4-11)5-12-10/h3,5,7H,6H2,1-2H3,(H,12,13). The van der Waals surface area contributed by atoms with Gasteiger partial charge in [0.1, 0.15) is 6.07 Å². The molecule has 0 aliphatic carbocycles. The number of aromatic nitrogens is 1. The molecule has 0 aliphatic rings. The van der Waals surface area contributed by atoms with Crippen molar-refractivity contribution in [3.63, 3.8) is 0 Å². The molecule has 6 nitrogen and oxygen atoms in total. The van der Waals surface area contributed by atoms with Crippen LogP contribution in [0.4, 0.5) is 11.5 Å². The van der Waals surface area contributed by atoms with Crippen LogP contribution in [-0.2, 0) is 0 Å². The topological polar surface area (TPSA) is 91.8 Å². The third-order valence-corrected chi connectivity index (χ3v) is 2.83. The number of hydrogen-bond acceptors (Lipinski definition) is 6. The first-order valence-corrected chi connectivity index (χ1v) is 6.28. The molecule has 0 amide bonds. The van der Waals surface area contributed by atoms with E-state index in [1.165, 1.54) is 12.3 Å². The van der Waals surface area contributed by atoms with Crippen LogP contribution >= 0.6 is 11.8 Å². The van der Waals surface area contributed by atoms with E-state index in [0.29, 0.717) is 0 Å². The van der Waals surface area contributed by atoms with Gasteiger partial charge in [0.2, 0.25) is 5.82 Å². The molecule has 1 atom stereocenters. The van der Waals surface area contributed by atoms with Gasteiger partial charge in [-0.1, -0.05) is 0 Å². The largest absolute Gasteiger partial charge is 0.361 e. The number of hydrogen-bond donors (Lipinski definition) is 1. The molecular formula is C10H12N4O2S. The summed E-state index contributed by atoms with van der Waals surface area (Å²) in [6.45, 7) is 1.92. The predicted molar refractivity (Wildman–Crippen MR) is 67.1 cm³/mol. The number of anilines is 1. The Hall–Kier alpha value is -1.81. The van der Waals surface area contributed by atoms with E-state index >= 15 is 0 Å². The van der Waals surface area contributed by atoms with Gasteiger partial charge in [-0.05, 0) is 13.2 Å². The van der Waals surface area contributed by atoms with E-state index in [-0.39, 0.29) is 23.1 Å². The van der Waals surface area contributed by atoms with Gasteiger partial charge >= 0.3 is 5.69 Å². The molecule has 1 rings (SSSR count). The summed E-state index contributed by atoms with van der Waals surface area (Å²) in [4.78, 5) is 14.2. The first-order chi connectivity index (χ1) is 8.08. The molecule has 17 heavy (non-hydrogen) atoms. The molecule has 7 heteroatoms. The average molecular weight is 252 g/mol. The Morgan fingerprint density at radius 1 is 1.76 bits per heavy atom. The van der Waals surface area contributed by atoms with E-state index in [1.807, 2.05) is 19.2 Å². The van der Waals surface area contributed by atoms with Crippen molar-refractivity contribution in [2.45, 2.75) is 13.0 Å². The molecule has 1 unspecified atom stereocenters. The van der Waals surface area contributed by atoms with Crippen molar-refractivity contribution in [1.82, 2.24) is 4.98 Å². The van der Waals surface area contributed by atoms with E-state index < -0.39 is 4.92 Å². The van der Waals surface area contributed by atoms with Crippen molar-refractivity contribution < 1.29 is 4.92 Å². The number of pyridine rings is 1. The van der Waals surface area contributed by atoms with Crippen LogP contribution in [0.1, 0.15) is 12.5 Å². The lowest BCUT2D eigenvalue weighted by molar-refractivity contribution is -0.384. The van der Waals surface area contributed by atoms with Gasteiger partial charge in [0.25, 0.3) is 0 Å². The third-order valence-electron chi connectivity index (χ3n) is 1.99. The molecule has 0 radical (unpaired) electrons. The maximum Gasteiger partial charge on any atom is 0.312 e. The van der Waals surface area contributed by atoms with Crippen molar-refractivity contribution in [2.24, 2.45) is 0 Å². The highest BCUT2D eigenvalue weighted by atomic mass is 32.2. The Kier molecular flexibility index (Phi) is 4.72. The van der Waals surface area contributed by atoms with Crippen LogP contribution in [0.3, 0.4) is 0 Å². The fourth-order valence-electron chi connectivity index (χ4n) is 1.29. The van der Waals surface area contributed by atoms with Gasteiger partial charge in [-0.15, -0.1) is 0 Å². The van der Waals surface area contributed by atoms with Gasteiger partial charge in [0.05, 0.1) is 10.5 Å². The molecule has 1 aromatic rings. The molecule has 0 spiro atoms. The van der Waals surface area contributed by atoms with E-state index in [2.05, 4.69) is 10.3 Å². The second-order valence-corrected chi connectivity index (χ2v) is 4.37. The minimum absolute atomic E-state index is 0.0733. The van der Waals surface area contributed by atoms with Crippen molar-refractivity contribution in [2.75, 3.05) is 17.3 Å². The van der Waals surface area contributed by atoms with Crippen LogP contribution in [0.5, 0.6) is 0 Å². The van der Waals surface area contributed by atoms with Gasteiger partial charge in [0.15, 0.2) is 0 Å². The second-order valence-electron chi connectivity index (χ2n) is 3.46. The molecule has 90 valence electrons. The molecular weight excluding hydrogens is 240 g/mol. The highest BCUT2D eigenvalue weighted by molar-refractivity contribution is 7.98. The molecule has 1 heterocycles. The van der Waals surface area contributed by atoms with Gasteiger partial charge in [0, 0.05) is 24.1 Å². The fraction of sp³-hybridized carbons (Fsp3) is 0.400. The number of nitro groups is 1. The monoisotopic (exact) mass is 252 g/mol. The molecule has 0 saturated carbocycles. The van der Waals surface area contributed by atoms with Gasteiger partial charge < -0.3 is 5.32 Å². The van der Waals surface area contributed by atoms with E-state index in [9.17, 15) is 10.1 Å². The summed E-state index contributed by atoms with van der Waals surface area (Å²) < 4.78 is 0. The predicted octanol–water partition coefficient (Wildman–Crippen LogP) is 2.02. The lowest BCUT2D eigenvalue weighted by atomic mass is 10.2. The fourth-order valence-corrected chi connectivity index (χ4v) is 1.87. The molecule has 0 bridgehead atoms. The zero-order chi connectivity index (χ0) is 12.8. The van der Waals surface area contributed by atoms with Crippen molar-refractivity contribution >= 4 is 23.3 Å². The van der Waals surface area contributed by atoms with Crippen molar-refractivity contribution in [3.8, 4) is 6.07 Å². The number of thioether (sulfide) groups is 1. The Bertz CT molecular complexity index is 458. The van der Waals surface area contributed by atoms with E-state index in [0.717, 1.165) is 5.75 Å². The molecule has 0 aromatic carbocycles.